The smallest absolute Gasteiger partial charge is 0.416 e. The molecule has 1 aliphatic heterocycles. The number of aliphatic hydroxyl groups is 1. The molecule has 0 saturated carbocycles. The molecule has 2 N–H and O–H groups in total. The van der Waals surface area contributed by atoms with Gasteiger partial charge in [0.25, 0.3) is 5.91 Å². The second-order valence-corrected chi connectivity index (χ2v) is 11.3. The van der Waals surface area contributed by atoms with Crippen molar-refractivity contribution in [3.8, 4) is 5.75 Å². The molecule has 12 nitrogen and oxygen atoms in total. The molecular formula is C35H31F3N8O4. The zero-order valence-corrected chi connectivity index (χ0v) is 26.5. The lowest BCUT2D eigenvalue weighted by atomic mass is 9.80. The van der Waals surface area contributed by atoms with E-state index in [1.807, 2.05) is 0 Å². The first-order valence-electron chi connectivity index (χ1n) is 15.4. The van der Waals surface area contributed by atoms with Crippen LogP contribution in [0.5, 0.6) is 5.75 Å². The molecule has 0 saturated heterocycles. The molecular weight excluding hydrogens is 653 g/mol. The minimum Gasteiger partial charge on any atom is -0.494 e. The van der Waals surface area contributed by atoms with Gasteiger partial charge in [-0.2, -0.15) is 13.2 Å². The molecule has 1 heterocycles. The van der Waals surface area contributed by atoms with Gasteiger partial charge in [-0.1, -0.05) is 70.9 Å². The molecule has 4 aromatic carbocycles. The highest BCUT2D eigenvalue weighted by atomic mass is 19.4. The maximum atomic E-state index is 14.6. The number of carbonyl (C=O) groups excluding carboxylic acids is 1. The molecule has 2 atom stereocenters. The van der Waals surface area contributed by atoms with Gasteiger partial charge < -0.3 is 19.9 Å². The van der Waals surface area contributed by atoms with Gasteiger partial charge in [0.2, 0.25) is 5.90 Å². The van der Waals surface area contributed by atoms with Crippen molar-refractivity contribution in [2.75, 3.05) is 13.2 Å². The molecule has 0 radical (unpaired) electrons. The first-order chi connectivity index (χ1) is 24.2. The van der Waals surface area contributed by atoms with Crippen LogP contribution in [0.2, 0.25) is 0 Å². The van der Waals surface area contributed by atoms with Crippen LogP contribution in [0.3, 0.4) is 0 Å². The van der Waals surface area contributed by atoms with E-state index in [0.717, 1.165) is 12.1 Å². The SMILES string of the molecule is [N-]=[N+]=NCc1ccccc1[C@H]1OC(c2ccc(OCCCO)cc2)=N[C@@]1(Cc1ccccc1N=[N+]=[N-])C(=O)NCc1cccc(C(F)(F)F)c1. The largest absolute Gasteiger partial charge is 0.494 e. The topological polar surface area (TPSA) is 178 Å². The molecule has 5 rings (SSSR count). The Morgan fingerprint density at radius 1 is 0.980 bits per heavy atom. The van der Waals surface area contributed by atoms with Gasteiger partial charge in [0, 0.05) is 47.1 Å². The molecule has 1 aliphatic rings. The fraction of sp³-hybridized carbons (Fsp3) is 0.257. The summed E-state index contributed by atoms with van der Waals surface area (Å²) in [6, 6.07) is 25.0. The molecule has 0 bridgehead atoms. The fourth-order valence-electron chi connectivity index (χ4n) is 5.59. The van der Waals surface area contributed by atoms with Crippen LogP contribution >= 0.6 is 0 Å². The number of hydrogen-bond donors (Lipinski definition) is 2. The minimum atomic E-state index is -4.58. The third-order valence-electron chi connectivity index (χ3n) is 7.98. The van der Waals surface area contributed by atoms with E-state index in [2.05, 4.69) is 25.4 Å². The van der Waals surface area contributed by atoms with Crippen molar-refractivity contribution < 1.29 is 32.5 Å². The summed E-state index contributed by atoms with van der Waals surface area (Å²) >= 11 is 0. The van der Waals surface area contributed by atoms with Crippen molar-refractivity contribution in [3.05, 3.63) is 151 Å². The average Bonchev–Trinajstić information content (AvgIpc) is 3.51. The lowest BCUT2D eigenvalue weighted by Gasteiger charge is -2.32. The Morgan fingerprint density at radius 2 is 1.72 bits per heavy atom. The van der Waals surface area contributed by atoms with Gasteiger partial charge in [0.15, 0.2) is 11.6 Å². The zero-order valence-electron chi connectivity index (χ0n) is 26.5. The molecule has 4 aromatic rings. The predicted molar refractivity (Wildman–Crippen MR) is 178 cm³/mol. The fourth-order valence-corrected chi connectivity index (χ4v) is 5.59. The Bertz CT molecular complexity index is 1960. The van der Waals surface area contributed by atoms with E-state index in [9.17, 15) is 23.5 Å². The van der Waals surface area contributed by atoms with Crippen molar-refractivity contribution >= 4 is 17.5 Å². The Balaban J connectivity index is 1.64. The van der Waals surface area contributed by atoms with E-state index in [1.54, 1.807) is 72.8 Å². The average molecular weight is 685 g/mol. The Hall–Kier alpha value is -6.01. The van der Waals surface area contributed by atoms with Crippen molar-refractivity contribution in [2.45, 2.75) is 43.8 Å². The van der Waals surface area contributed by atoms with Gasteiger partial charge in [0.1, 0.15) is 5.75 Å². The summed E-state index contributed by atoms with van der Waals surface area (Å²) in [6.07, 6.45) is -5.42. The van der Waals surface area contributed by atoms with E-state index in [-0.39, 0.29) is 43.3 Å². The number of ether oxygens (including phenoxy) is 2. The van der Waals surface area contributed by atoms with E-state index in [4.69, 9.17) is 25.1 Å². The van der Waals surface area contributed by atoms with Crippen LogP contribution in [-0.2, 0) is 35.2 Å². The number of carbonyl (C=O) groups is 1. The second-order valence-electron chi connectivity index (χ2n) is 11.3. The van der Waals surface area contributed by atoms with E-state index >= 15 is 0 Å². The molecule has 50 heavy (non-hydrogen) atoms. The Kier molecular flexibility index (Phi) is 11.2. The number of azide groups is 2. The second kappa shape index (κ2) is 15.9. The van der Waals surface area contributed by atoms with Crippen LogP contribution in [0.25, 0.3) is 20.9 Å². The summed E-state index contributed by atoms with van der Waals surface area (Å²) < 4.78 is 52.7. The molecule has 0 aliphatic carbocycles. The number of aliphatic imine (C=N–C) groups is 1. The number of halogens is 3. The molecule has 256 valence electrons. The summed E-state index contributed by atoms with van der Waals surface area (Å²) in [7, 11) is 0. The number of benzene rings is 4. The summed E-state index contributed by atoms with van der Waals surface area (Å²) in [5.41, 5.74) is 18.1. The number of rotatable bonds is 14. The van der Waals surface area contributed by atoms with Crippen LogP contribution < -0.4 is 10.1 Å². The molecule has 15 heteroatoms. The Morgan fingerprint density at radius 3 is 2.44 bits per heavy atom. The molecule has 0 fully saturated rings. The lowest BCUT2D eigenvalue weighted by Crippen LogP contribution is -2.50. The standard InChI is InChI=1S/C35H31F3N8O4/c36-35(37,38)27-10-5-7-23(19-27)21-41-33(48)34(20-25-8-2-4-12-30(25)44-46-40)31(29-11-3-1-9-26(29)22-42-45-39)50-32(43-34)24-13-15-28(16-14-24)49-18-6-17-47/h1-5,7-16,19,31,47H,6,17-18,20-22H2,(H,41,48)/t31-,34-/m1/s1. The molecule has 0 spiro atoms. The minimum absolute atomic E-state index is 0.0218. The predicted octanol–water partition coefficient (Wildman–Crippen LogP) is 8.03. The number of alkyl halides is 3. The first-order valence-corrected chi connectivity index (χ1v) is 15.4. The van der Waals surface area contributed by atoms with Gasteiger partial charge in [0.05, 0.1) is 18.7 Å². The van der Waals surface area contributed by atoms with Crippen LogP contribution in [0.15, 0.2) is 112 Å². The maximum absolute atomic E-state index is 14.6. The van der Waals surface area contributed by atoms with Gasteiger partial charge in [-0.25, -0.2) is 4.99 Å². The highest BCUT2D eigenvalue weighted by Gasteiger charge is 2.54. The molecule has 0 aromatic heterocycles. The Labute approximate surface area is 284 Å². The zero-order chi connectivity index (χ0) is 35.6. The van der Waals surface area contributed by atoms with Gasteiger partial charge in [-0.15, -0.1) is 0 Å². The highest BCUT2D eigenvalue weighted by molar-refractivity contribution is 6.01. The number of hydrogen-bond acceptors (Lipinski definition) is 7. The molecule has 0 unspecified atom stereocenters. The van der Waals surface area contributed by atoms with Crippen LogP contribution in [0, 0.1) is 0 Å². The maximum Gasteiger partial charge on any atom is 0.416 e. The van der Waals surface area contributed by atoms with Crippen molar-refractivity contribution in [1.29, 1.82) is 0 Å². The van der Waals surface area contributed by atoms with Crippen LogP contribution in [0.4, 0.5) is 18.9 Å². The summed E-state index contributed by atoms with van der Waals surface area (Å²) in [5, 5.41) is 19.4. The summed E-state index contributed by atoms with van der Waals surface area (Å²) in [5.74, 6) is -0.0513. The van der Waals surface area contributed by atoms with Crippen molar-refractivity contribution in [2.24, 2.45) is 15.2 Å². The van der Waals surface area contributed by atoms with Crippen LogP contribution in [0.1, 0.15) is 45.9 Å². The van der Waals surface area contributed by atoms with E-state index in [1.165, 1.54) is 12.1 Å². The lowest BCUT2D eigenvalue weighted by molar-refractivity contribution is -0.137. The van der Waals surface area contributed by atoms with Gasteiger partial charge in [-0.3, -0.25) is 4.79 Å². The molecule has 1 amide bonds. The van der Waals surface area contributed by atoms with E-state index in [0.29, 0.717) is 41.0 Å². The third-order valence-corrected chi connectivity index (χ3v) is 7.98. The third kappa shape index (κ3) is 8.16. The number of nitrogens with one attached hydrogen (secondary N) is 1. The van der Waals surface area contributed by atoms with Crippen LogP contribution in [-0.4, -0.2) is 35.7 Å². The highest BCUT2D eigenvalue weighted by Crippen LogP contribution is 2.45. The summed E-state index contributed by atoms with van der Waals surface area (Å²) in [6.45, 7) is -0.0532. The first kappa shape index (κ1) is 35.3. The summed E-state index contributed by atoms with van der Waals surface area (Å²) in [4.78, 5) is 25.4. The van der Waals surface area contributed by atoms with Crippen molar-refractivity contribution in [1.82, 2.24) is 5.32 Å². The monoisotopic (exact) mass is 684 g/mol. The number of amides is 1. The van der Waals surface area contributed by atoms with Crippen molar-refractivity contribution in [3.63, 3.8) is 0 Å². The number of aliphatic hydroxyl groups excluding tert-OH is 1. The van der Waals surface area contributed by atoms with Gasteiger partial charge >= 0.3 is 6.18 Å². The number of nitrogens with zero attached hydrogens (tertiary/aromatic N) is 7. The normalized spacial score (nSPS) is 16.7. The van der Waals surface area contributed by atoms with Gasteiger partial charge in [-0.05, 0) is 69.7 Å². The quantitative estimate of drug-likeness (QED) is 0.0591. The van der Waals surface area contributed by atoms with E-state index < -0.39 is 29.3 Å².